The van der Waals surface area contributed by atoms with Crippen molar-refractivity contribution in [3.8, 4) is 11.3 Å². The predicted molar refractivity (Wildman–Crippen MR) is 161 cm³/mol. The highest BCUT2D eigenvalue weighted by Gasteiger charge is 2.29. The minimum absolute atomic E-state index is 0.311. The molecule has 1 aliphatic heterocycles. The van der Waals surface area contributed by atoms with Crippen molar-refractivity contribution in [2.24, 2.45) is 0 Å². The summed E-state index contributed by atoms with van der Waals surface area (Å²) in [5.74, 6) is 2.18. The molecule has 1 aromatic heterocycles. The van der Waals surface area contributed by atoms with Crippen molar-refractivity contribution in [2.45, 2.75) is 56.9 Å². The van der Waals surface area contributed by atoms with Gasteiger partial charge in [-0.05, 0) is 30.9 Å². The fourth-order valence-corrected chi connectivity index (χ4v) is 6.64. The molecule has 3 aromatic carbocycles. The molecular formula is C35H42N4. The summed E-state index contributed by atoms with van der Waals surface area (Å²) in [5, 5.41) is 0. The van der Waals surface area contributed by atoms with E-state index in [0.29, 0.717) is 17.9 Å². The van der Waals surface area contributed by atoms with Gasteiger partial charge in [0, 0.05) is 56.2 Å². The smallest absolute Gasteiger partial charge is 0.110 e. The minimum Gasteiger partial charge on any atom is -0.344 e. The van der Waals surface area contributed by atoms with Crippen molar-refractivity contribution in [1.82, 2.24) is 19.8 Å². The van der Waals surface area contributed by atoms with E-state index in [1.54, 1.807) is 0 Å². The summed E-state index contributed by atoms with van der Waals surface area (Å²) in [6.07, 6.45) is 6.54. The van der Waals surface area contributed by atoms with Crippen LogP contribution in [0.2, 0.25) is 0 Å². The van der Waals surface area contributed by atoms with Gasteiger partial charge in [-0.3, -0.25) is 9.80 Å². The van der Waals surface area contributed by atoms with Crippen LogP contribution in [0.5, 0.6) is 0 Å². The van der Waals surface area contributed by atoms with Crippen LogP contribution in [0.1, 0.15) is 79.6 Å². The lowest BCUT2D eigenvalue weighted by atomic mass is 9.89. The van der Waals surface area contributed by atoms with Crippen LogP contribution in [0.25, 0.3) is 11.3 Å². The number of piperazine rings is 1. The van der Waals surface area contributed by atoms with Crippen LogP contribution in [0, 0.1) is 0 Å². The molecule has 4 nitrogen and oxygen atoms in total. The van der Waals surface area contributed by atoms with Gasteiger partial charge in [0.05, 0.1) is 11.4 Å². The Balaban J connectivity index is 1.17. The molecule has 1 saturated carbocycles. The van der Waals surface area contributed by atoms with Crippen molar-refractivity contribution in [3.63, 3.8) is 0 Å². The van der Waals surface area contributed by atoms with Crippen molar-refractivity contribution < 1.29 is 0 Å². The zero-order valence-corrected chi connectivity index (χ0v) is 23.3. The predicted octanol–water partition coefficient (Wildman–Crippen LogP) is 7.64. The fourth-order valence-electron chi connectivity index (χ4n) is 6.64. The monoisotopic (exact) mass is 518 g/mol. The summed E-state index contributed by atoms with van der Waals surface area (Å²) < 4.78 is 0. The Morgan fingerprint density at radius 1 is 0.744 bits per heavy atom. The van der Waals surface area contributed by atoms with E-state index < -0.39 is 0 Å². The van der Waals surface area contributed by atoms with Gasteiger partial charge in [-0.2, -0.15) is 0 Å². The minimum atomic E-state index is 0.311. The quantitative estimate of drug-likeness (QED) is 0.260. The van der Waals surface area contributed by atoms with Crippen molar-refractivity contribution in [3.05, 3.63) is 114 Å². The second-order valence-electron chi connectivity index (χ2n) is 11.5. The van der Waals surface area contributed by atoms with Gasteiger partial charge in [0.2, 0.25) is 0 Å². The fraction of sp³-hybridized carbons (Fsp3) is 0.400. The lowest BCUT2D eigenvalue weighted by Gasteiger charge is -2.39. The molecule has 6 rings (SSSR count). The first-order valence-corrected chi connectivity index (χ1v) is 15.0. The van der Waals surface area contributed by atoms with Crippen molar-refractivity contribution in [2.75, 3.05) is 32.7 Å². The van der Waals surface area contributed by atoms with Crippen molar-refractivity contribution >= 4 is 0 Å². The summed E-state index contributed by atoms with van der Waals surface area (Å²) >= 11 is 0. The van der Waals surface area contributed by atoms with Gasteiger partial charge < -0.3 is 4.98 Å². The van der Waals surface area contributed by atoms with Gasteiger partial charge in [0.25, 0.3) is 0 Å². The van der Waals surface area contributed by atoms with Gasteiger partial charge in [-0.25, -0.2) is 4.98 Å². The SMILES string of the molecule is CC(c1[nH]c(C2CCCCC2)nc1-c1ccccc1)N1CCN(CC(c2ccccc2)c2ccccc2)CC1. The number of benzene rings is 3. The Hall–Kier alpha value is -3.21. The maximum atomic E-state index is 5.25. The maximum absolute atomic E-state index is 5.25. The van der Waals surface area contributed by atoms with Gasteiger partial charge in [-0.15, -0.1) is 0 Å². The van der Waals surface area contributed by atoms with Crippen LogP contribution in [0.3, 0.4) is 0 Å². The molecule has 0 spiro atoms. The van der Waals surface area contributed by atoms with Gasteiger partial charge in [0.1, 0.15) is 5.82 Å². The average Bonchev–Trinajstić information content (AvgIpc) is 3.47. The van der Waals surface area contributed by atoms with Crippen LogP contribution < -0.4 is 0 Å². The number of imidazole rings is 1. The van der Waals surface area contributed by atoms with E-state index in [2.05, 4.69) is 113 Å². The van der Waals surface area contributed by atoms with E-state index in [1.165, 1.54) is 60.3 Å². The van der Waals surface area contributed by atoms with E-state index in [1.807, 2.05) is 0 Å². The molecule has 2 aliphatic rings. The molecule has 4 aromatic rings. The molecule has 1 aliphatic carbocycles. The summed E-state index contributed by atoms with van der Waals surface area (Å²) in [6.45, 7) is 7.75. The third-order valence-electron chi connectivity index (χ3n) is 9.01. The first-order chi connectivity index (χ1) is 19.3. The first kappa shape index (κ1) is 26.0. The molecule has 1 atom stereocenters. The Labute approximate surface area is 234 Å². The van der Waals surface area contributed by atoms with Crippen LogP contribution in [0.15, 0.2) is 91.0 Å². The number of hydrogen-bond acceptors (Lipinski definition) is 3. The Kier molecular flexibility index (Phi) is 8.22. The highest BCUT2D eigenvalue weighted by atomic mass is 15.3. The molecule has 202 valence electrons. The zero-order chi connectivity index (χ0) is 26.4. The summed E-state index contributed by atoms with van der Waals surface area (Å²) in [5.41, 5.74) is 6.48. The molecule has 4 heteroatoms. The van der Waals surface area contributed by atoms with Gasteiger partial charge in [0.15, 0.2) is 0 Å². The van der Waals surface area contributed by atoms with E-state index in [-0.39, 0.29) is 0 Å². The van der Waals surface area contributed by atoms with Gasteiger partial charge >= 0.3 is 0 Å². The molecular weight excluding hydrogens is 476 g/mol. The highest BCUT2D eigenvalue weighted by Crippen LogP contribution is 2.36. The molecule has 0 bridgehead atoms. The lowest BCUT2D eigenvalue weighted by Crippen LogP contribution is -2.48. The van der Waals surface area contributed by atoms with Crippen LogP contribution in [-0.2, 0) is 0 Å². The summed E-state index contributed by atoms with van der Waals surface area (Å²) in [4.78, 5) is 14.4. The lowest BCUT2D eigenvalue weighted by molar-refractivity contribution is 0.0990. The standard InChI is InChI=1S/C35H42N4/c1-27(33-34(30-18-10-4-11-19-30)37-35(36-33)31-20-12-5-13-21-31)39-24-22-38(23-25-39)26-32(28-14-6-2-7-15-28)29-16-8-3-9-17-29/h2-4,6-11,14-19,27,31-32H,5,12-13,20-26H2,1H3,(H,36,37). The molecule has 0 radical (unpaired) electrons. The van der Waals surface area contributed by atoms with Crippen molar-refractivity contribution in [1.29, 1.82) is 0 Å². The summed E-state index contributed by atoms with van der Waals surface area (Å²) in [6, 6.07) is 33.1. The first-order valence-electron chi connectivity index (χ1n) is 15.0. The maximum Gasteiger partial charge on any atom is 0.110 e. The largest absolute Gasteiger partial charge is 0.344 e. The number of aromatic amines is 1. The Morgan fingerprint density at radius 2 is 1.31 bits per heavy atom. The number of nitrogens with one attached hydrogen (secondary N) is 1. The third-order valence-corrected chi connectivity index (χ3v) is 9.01. The molecule has 2 fully saturated rings. The Morgan fingerprint density at radius 3 is 1.90 bits per heavy atom. The summed E-state index contributed by atoms with van der Waals surface area (Å²) in [7, 11) is 0. The highest BCUT2D eigenvalue weighted by molar-refractivity contribution is 5.62. The molecule has 1 unspecified atom stereocenters. The second-order valence-corrected chi connectivity index (χ2v) is 11.5. The van der Waals surface area contributed by atoms with E-state index in [9.17, 15) is 0 Å². The van der Waals surface area contributed by atoms with E-state index in [0.717, 1.165) is 38.4 Å². The molecule has 2 heterocycles. The van der Waals surface area contributed by atoms with Crippen LogP contribution >= 0.6 is 0 Å². The van der Waals surface area contributed by atoms with E-state index in [4.69, 9.17) is 4.98 Å². The molecule has 0 amide bonds. The number of aromatic nitrogens is 2. The normalized spacial score (nSPS) is 18.4. The number of hydrogen-bond donors (Lipinski definition) is 1. The number of rotatable bonds is 8. The number of H-pyrrole nitrogens is 1. The topological polar surface area (TPSA) is 35.2 Å². The molecule has 39 heavy (non-hydrogen) atoms. The molecule has 1 saturated heterocycles. The number of nitrogens with zero attached hydrogens (tertiary/aromatic N) is 3. The third kappa shape index (κ3) is 6.03. The average molecular weight is 519 g/mol. The second kappa shape index (κ2) is 12.3. The van der Waals surface area contributed by atoms with E-state index >= 15 is 0 Å². The Bertz CT molecular complexity index is 1250. The van der Waals surface area contributed by atoms with Crippen LogP contribution in [-0.4, -0.2) is 52.5 Å². The molecule has 1 N–H and O–H groups in total. The van der Waals surface area contributed by atoms with Gasteiger partial charge in [-0.1, -0.05) is 110 Å². The van der Waals surface area contributed by atoms with Crippen LogP contribution in [0.4, 0.5) is 0 Å². The zero-order valence-electron chi connectivity index (χ0n) is 23.3.